The van der Waals surface area contributed by atoms with Crippen LogP contribution in [0.25, 0.3) is 10.9 Å². The van der Waals surface area contributed by atoms with Crippen molar-refractivity contribution < 1.29 is 5.11 Å². The fraction of sp³-hybridized carbons (Fsp3) is 0.200. The maximum absolute atomic E-state index is 9.76. The van der Waals surface area contributed by atoms with E-state index >= 15 is 0 Å². The Labute approximate surface area is 106 Å². The van der Waals surface area contributed by atoms with Gasteiger partial charge in [-0.15, -0.1) is 12.8 Å². The van der Waals surface area contributed by atoms with Crippen molar-refractivity contribution in [1.82, 2.24) is 10.3 Å². The molecule has 0 aliphatic carbocycles. The predicted molar refractivity (Wildman–Crippen MR) is 73.3 cm³/mol. The Morgan fingerprint density at radius 3 is 2.89 bits per heavy atom. The largest absolute Gasteiger partial charge is 0.507 e. The van der Waals surface area contributed by atoms with E-state index in [0.717, 1.165) is 29.4 Å². The van der Waals surface area contributed by atoms with E-state index < -0.39 is 0 Å². The molecule has 0 bridgehead atoms. The Kier molecular flexibility index (Phi) is 3.57. The summed E-state index contributed by atoms with van der Waals surface area (Å²) in [5, 5.41) is 13.8. The average molecular weight is 238 g/mol. The summed E-state index contributed by atoms with van der Waals surface area (Å²) in [6.45, 7) is 1.33. The fourth-order valence-electron chi connectivity index (χ4n) is 2.01. The van der Waals surface area contributed by atoms with Gasteiger partial charge >= 0.3 is 0 Å². The number of aromatic amines is 1. The molecule has 0 atom stereocenters. The monoisotopic (exact) mass is 238 g/mol. The highest BCUT2D eigenvalue weighted by atomic mass is 16.3. The molecule has 0 saturated heterocycles. The number of phenolic OH excluding ortho intramolecular Hbond substituents is 1. The highest BCUT2D eigenvalue weighted by Gasteiger charge is 2.10. The van der Waals surface area contributed by atoms with E-state index in [1.807, 2.05) is 12.3 Å². The van der Waals surface area contributed by atoms with Gasteiger partial charge in [0.2, 0.25) is 0 Å². The van der Waals surface area contributed by atoms with E-state index in [1.165, 1.54) is 0 Å². The average Bonchev–Trinajstić information content (AvgIpc) is 2.78. The van der Waals surface area contributed by atoms with E-state index in [1.54, 1.807) is 6.07 Å². The summed E-state index contributed by atoms with van der Waals surface area (Å²) >= 11 is 0. The molecular formula is C15H14N2O. The molecule has 3 nitrogen and oxygen atoms in total. The first-order valence-electron chi connectivity index (χ1n) is 5.70. The summed E-state index contributed by atoms with van der Waals surface area (Å²) in [5.41, 5.74) is 2.56. The number of aromatic nitrogens is 1. The molecule has 0 radical (unpaired) electrons. The summed E-state index contributed by atoms with van der Waals surface area (Å²) in [4.78, 5) is 3.16. The van der Waals surface area contributed by atoms with Gasteiger partial charge in [-0.25, -0.2) is 0 Å². The number of phenols is 1. The van der Waals surface area contributed by atoms with Gasteiger partial charge in [0.25, 0.3) is 0 Å². The summed E-state index contributed by atoms with van der Waals surface area (Å²) < 4.78 is 0. The van der Waals surface area contributed by atoms with E-state index in [-0.39, 0.29) is 5.75 Å². The van der Waals surface area contributed by atoms with Crippen LogP contribution in [0.1, 0.15) is 11.1 Å². The van der Waals surface area contributed by atoms with Crippen molar-refractivity contribution in [3.05, 3.63) is 29.5 Å². The number of terminal acetylenes is 2. The molecule has 3 N–H and O–H groups in total. The molecule has 18 heavy (non-hydrogen) atoms. The number of aromatic hydroxyl groups is 1. The molecule has 0 spiro atoms. The zero-order valence-corrected chi connectivity index (χ0v) is 9.96. The lowest BCUT2D eigenvalue weighted by Gasteiger charge is -2.04. The summed E-state index contributed by atoms with van der Waals surface area (Å²) in [6.07, 6.45) is 13.3. The quantitative estimate of drug-likeness (QED) is 0.560. The Morgan fingerprint density at radius 1 is 1.33 bits per heavy atom. The maximum Gasteiger partial charge on any atom is 0.131 e. The molecule has 1 heterocycles. The smallest absolute Gasteiger partial charge is 0.131 e. The van der Waals surface area contributed by atoms with Crippen LogP contribution in [-0.4, -0.2) is 23.2 Å². The van der Waals surface area contributed by atoms with Crippen LogP contribution in [0.2, 0.25) is 0 Å². The minimum atomic E-state index is 0.141. The van der Waals surface area contributed by atoms with Crippen LogP contribution in [-0.2, 0) is 6.42 Å². The highest BCUT2D eigenvalue weighted by Crippen LogP contribution is 2.28. The Bertz CT molecular complexity index is 641. The molecule has 0 aliphatic heterocycles. The van der Waals surface area contributed by atoms with Crippen LogP contribution in [0.4, 0.5) is 0 Å². The molecule has 2 aromatic rings. The van der Waals surface area contributed by atoms with Gasteiger partial charge in [-0.1, -0.05) is 11.8 Å². The predicted octanol–water partition coefficient (Wildman–Crippen LogP) is 1.62. The van der Waals surface area contributed by atoms with Crippen LogP contribution >= 0.6 is 0 Å². The lowest BCUT2D eigenvalue weighted by molar-refractivity contribution is 0.474. The number of benzene rings is 1. The van der Waals surface area contributed by atoms with Crippen molar-refractivity contribution in [3.8, 4) is 30.4 Å². The number of fused-ring (bicyclic) bond motifs is 1. The minimum Gasteiger partial charge on any atom is -0.507 e. The van der Waals surface area contributed by atoms with Crippen LogP contribution in [0, 0.1) is 24.7 Å². The van der Waals surface area contributed by atoms with Gasteiger partial charge in [0, 0.05) is 23.6 Å². The van der Waals surface area contributed by atoms with Crippen molar-refractivity contribution in [2.45, 2.75) is 6.42 Å². The van der Waals surface area contributed by atoms with Gasteiger partial charge in [-0.05, 0) is 24.1 Å². The first-order chi connectivity index (χ1) is 8.77. The summed E-state index contributed by atoms with van der Waals surface area (Å²) in [5.74, 6) is 5.21. The molecular weight excluding hydrogens is 224 g/mol. The van der Waals surface area contributed by atoms with Crippen molar-refractivity contribution in [2.24, 2.45) is 0 Å². The molecule has 0 amide bonds. The van der Waals surface area contributed by atoms with Crippen LogP contribution < -0.4 is 5.32 Å². The number of rotatable bonds is 4. The normalized spacial score (nSPS) is 10.1. The Morgan fingerprint density at radius 2 is 2.17 bits per heavy atom. The van der Waals surface area contributed by atoms with Crippen LogP contribution in [0.15, 0.2) is 18.3 Å². The van der Waals surface area contributed by atoms with Gasteiger partial charge in [0.15, 0.2) is 0 Å². The summed E-state index contributed by atoms with van der Waals surface area (Å²) in [7, 11) is 0. The minimum absolute atomic E-state index is 0.141. The third-order valence-corrected chi connectivity index (χ3v) is 2.85. The number of hydrogen-bond donors (Lipinski definition) is 3. The van der Waals surface area contributed by atoms with Crippen LogP contribution in [0.5, 0.6) is 5.75 Å². The summed E-state index contributed by atoms with van der Waals surface area (Å²) in [6, 6.07) is 3.43. The Balaban J connectivity index is 2.32. The highest BCUT2D eigenvalue weighted by molar-refractivity contribution is 5.91. The second-order valence-electron chi connectivity index (χ2n) is 3.97. The second kappa shape index (κ2) is 5.31. The zero-order chi connectivity index (χ0) is 13.0. The molecule has 3 heteroatoms. The van der Waals surface area contributed by atoms with Gasteiger partial charge in [0.1, 0.15) is 5.75 Å². The van der Waals surface area contributed by atoms with Crippen molar-refractivity contribution in [1.29, 1.82) is 0 Å². The molecule has 2 rings (SSSR count). The second-order valence-corrected chi connectivity index (χ2v) is 3.97. The van der Waals surface area contributed by atoms with Crippen molar-refractivity contribution in [2.75, 3.05) is 13.1 Å². The van der Waals surface area contributed by atoms with E-state index in [0.29, 0.717) is 12.1 Å². The molecule has 0 aliphatic rings. The third-order valence-electron chi connectivity index (χ3n) is 2.85. The molecule has 1 aromatic heterocycles. The van der Waals surface area contributed by atoms with Gasteiger partial charge in [-0.2, -0.15) is 0 Å². The van der Waals surface area contributed by atoms with Gasteiger partial charge in [0.05, 0.1) is 12.1 Å². The van der Waals surface area contributed by atoms with E-state index in [4.69, 9.17) is 12.8 Å². The number of nitrogens with one attached hydrogen (secondary N) is 2. The first kappa shape index (κ1) is 12.1. The van der Waals surface area contributed by atoms with E-state index in [2.05, 4.69) is 22.1 Å². The van der Waals surface area contributed by atoms with Crippen molar-refractivity contribution in [3.63, 3.8) is 0 Å². The molecule has 1 aromatic carbocycles. The molecule has 90 valence electrons. The molecule has 0 unspecified atom stereocenters. The van der Waals surface area contributed by atoms with Crippen molar-refractivity contribution >= 4 is 10.9 Å². The molecule has 0 fully saturated rings. The zero-order valence-electron chi connectivity index (χ0n) is 9.96. The number of H-pyrrole nitrogens is 1. The van der Waals surface area contributed by atoms with Crippen LogP contribution in [0.3, 0.4) is 0 Å². The topological polar surface area (TPSA) is 48.0 Å². The van der Waals surface area contributed by atoms with Gasteiger partial charge in [-0.3, -0.25) is 0 Å². The number of hydrogen-bond acceptors (Lipinski definition) is 2. The SMILES string of the molecule is C#CCNCCc1c[nH]c2ccc(O)c(C#C)c12. The molecule has 0 saturated carbocycles. The Hall–Kier alpha value is -2.36. The standard InChI is InChI=1S/C15H14N2O/c1-3-8-16-9-7-11-10-17-13-5-6-14(18)12(4-2)15(11)13/h1-2,5-6,10,16-18H,7-9H2. The lowest BCUT2D eigenvalue weighted by atomic mass is 10.0. The van der Waals surface area contributed by atoms with E-state index in [9.17, 15) is 5.11 Å². The van der Waals surface area contributed by atoms with Gasteiger partial charge < -0.3 is 15.4 Å². The fourth-order valence-corrected chi connectivity index (χ4v) is 2.01. The lowest BCUT2D eigenvalue weighted by Crippen LogP contribution is -2.17. The third kappa shape index (κ3) is 2.18. The maximum atomic E-state index is 9.76. The first-order valence-corrected chi connectivity index (χ1v) is 5.70.